The average Bonchev–Trinajstić information content (AvgIpc) is 2.35. The van der Waals surface area contributed by atoms with E-state index in [1.807, 2.05) is 0 Å². The highest BCUT2D eigenvalue weighted by Gasteiger charge is 2.15. The molecule has 0 fully saturated rings. The summed E-state index contributed by atoms with van der Waals surface area (Å²) in [6.45, 7) is 2.89. The van der Waals surface area contributed by atoms with Crippen molar-refractivity contribution in [2.45, 2.75) is 77.6 Å². The van der Waals surface area contributed by atoms with Gasteiger partial charge in [0.1, 0.15) is 0 Å². The van der Waals surface area contributed by atoms with Gasteiger partial charge in [-0.15, -0.1) is 0 Å². The number of hydrogen-bond donors (Lipinski definition) is 2. The molecule has 3 nitrogen and oxygen atoms in total. The summed E-state index contributed by atoms with van der Waals surface area (Å²) in [5, 5.41) is 9.11. The fourth-order valence-electron chi connectivity index (χ4n) is 2.27. The Morgan fingerprint density at radius 1 is 0.944 bits per heavy atom. The van der Waals surface area contributed by atoms with Crippen LogP contribution in [0.2, 0.25) is 0 Å². The molecule has 0 aromatic rings. The summed E-state index contributed by atoms with van der Waals surface area (Å²) in [4.78, 5) is 11.1. The van der Waals surface area contributed by atoms with Crippen molar-refractivity contribution in [3.05, 3.63) is 0 Å². The first-order chi connectivity index (χ1) is 8.72. The predicted octanol–water partition coefficient (Wildman–Crippen LogP) is 3.96. The van der Waals surface area contributed by atoms with Crippen LogP contribution < -0.4 is 5.73 Å². The quantitative estimate of drug-likeness (QED) is 0.491. The van der Waals surface area contributed by atoms with Crippen molar-refractivity contribution in [1.29, 1.82) is 0 Å². The van der Waals surface area contributed by atoms with E-state index in [0.717, 1.165) is 32.1 Å². The summed E-state index contributed by atoms with van der Waals surface area (Å²) < 4.78 is 0. The van der Waals surface area contributed by atoms with E-state index < -0.39 is 5.97 Å². The molecule has 0 aromatic carbocycles. The molecular weight excluding hydrogens is 226 g/mol. The number of carboxylic acids is 1. The zero-order chi connectivity index (χ0) is 13.6. The fourth-order valence-corrected chi connectivity index (χ4v) is 2.27. The summed E-state index contributed by atoms with van der Waals surface area (Å²) >= 11 is 0. The molecule has 0 amide bonds. The smallest absolute Gasteiger partial charge is 0.306 e. The van der Waals surface area contributed by atoms with Crippen molar-refractivity contribution in [1.82, 2.24) is 0 Å². The van der Waals surface area contributed by atoms with Crippen LogP contribution in [-0.4, -0.2) is 17.6 Å². The van der Waals surface area contributed by atoms with Gasteiger partial charge in [-0.1, -0.05) is 58.3 Å². The summed E-state index contributed by atoms with van der Waals surface area (Å²) in [7, 11) is 0. The van der Waals surface area contributed by atoms with Crippen LogP contribution in [-0.2, 0) is 4.79 Å². The van der Waals surface area contributed by atoms with Crippen LogP contribution in [0.15, 0.2) is 0 Å². The third kappa shape index (κ3) is 10.6. The molecule has 0 rings (SSSR count). The molecule has 0 aliphatic rings. The number of rotatable bonds is 13. The molecule has 1 atom stereocenters. The lowest BCUT2D eigenvalue weighted by Gasteiger charge is -2.11. The van der Waals surface area contributed by atoms with Crippen molar-refractivity contribution in [3.63, 3.8) is 0 Å². The van der Waals surface area contributed by atoms with Gasteiger partial charge >= 0.3 is 5.97 Å². The standard InChI is InChI=1S/C15H31NO2/c1-2-3-4-5-6-7-8-11-14(15(17)18)12-9-10-13-16/h14H,2-13,16H2,1H3,(H,17,18). The maximum Gasteiger partial charge on any atom is 0.306 e. The molecule has 0 aliphatic heterocycles. The van der Waals surface area contributed by atoms with Crippen molar-refractivity contribution >= 4 is 5.97 Å². The normalized spacial score (nSPS) is 12.6. The molecule has 0 spiro atoms. The van der Waals surface area contributed by atoms with Crippen LogP contribution >= 0.6 is 0 Å². The maximum absolute atomic E-state index is 11.1. The molecule has 1 unspecified atom stereocenters. The summed E-state index contributed by atoms with van der Waals surface area (Å²) in [5.74, 6) is -0.773. The van der Waals surface area contributed by atoms with E-state index in [1.54, 1.807) is 0 Å². The topological polar surface area (TPSA) is 63.3 Å². The minimum atomic E-state index is -0.627. The second kappa shape index (κ2) is 12.9. The molecule has 0 saturated heterocycles. The van der Waals surface area contributed by atoms with Gasteiger partial charge in [0.2, 0.25) is 0 Å². The van der Waals surface area contributed by atoms with Gasteiger partial charge in [-0.3, -0.25) is 4.79 Å². The highest BCUT2D eigenvalue weighted by Crippen LogP contribution is 2.18. The summed E-state index contributed by atoms with van der Waals surface area (Å²) in [6, 6.07) is 0. The van der Waals surface area contributed by atoms with Crippen LogP contribution in [0.5, 0.6) is 0 Å². The van der Waals surface area contributed by atoms with E-state index in [2.05, 4.69) is 6.92 Å². The minimum absolute atomic E-state index is 0.146. The zero-order valence-electron chi connectivity index (χ0n) is 12.0. The number of carboxylic acid groups (broad SMARTS) is 1. The molecule has 3 N–H and O–H groups in total. The Bertz CT molecular complexity index is 195. The first kappa shape index (κ1) is 17.4. The van der Waals surface area contributed by atoms with Crippen molar-refractivity contribution in [2.24, 2.45) is 11.7 Å². The second-order valence-corrected chi connectivity index (χ2v) is 5.23. The Hall–Kier alpha value is -0.570. The molecule has 0 heterocycles. The van der Waals surface area contributed by atoms with Gasteiger partial charge in [0.25, 0.3) is 0 Å². The molecule has 0 saturated carbocycles. The number of aliphatic carboxylic acids is 1. The Balaban J connectivity index is 3.49. The van der Waals surface area contributed by atoms with Crippen LogP contribution in [0.4, 0.5) is 0 Å². The fraction of sp³-hybridized carbons (Fsp3) is 0.933. The first-order valence-corrected chi connectivity index (χ1v) is 7.65. The SMILES string of the molecule is CCCCCCCCCC(CCCCN)C(=O)O. The lowest BCUT2D eigenvalue weighted by atomic mass is 9.95. The third-order valence-corrected chi connectivity index (χ3v) is 3.51. The number of hydrogen-bond acceptors (Lipinski definition) is 2. The molecule has 0 radical (unpaired) electrons. The van der Waals surface area contributed by atoms with Gasteiger partial charge in [-0.05, 0) is 25.8 Å². The summed E-state index contributed by atoms with van der Waals surface area (Å²) in [6.07, 6.45) is 12.3. The molecule has 0 bridgehead atoms. The monoisotopic (exact) mass is 257 g/mol. The van der Waals surface area contributed by atoms with Gasteiger partial charge in [0.15, 0.2) is 0 Å². The van der Waals surface area contributed by atoms with E-state index in [4.69, 9.17) is 10.8 Å². The lowest BCUT2D eigenvalue weighted by molar-refractivity contribution is -0.142. The number of carbonyl (C=O) groups is 1. The molecule has 0 aromatic heterocycles. The Morgan fingerprint density at radius 2 is 1.44 bits per heavy atom. The van der Waals surface area contributed by atoms with Gasteiger partial charge in [0, 0.05) is 0 Å². The lowest BCUT2D eigenvalue weighted by Crippen LogP contribution is -2.14. The van der Waals surface area contributed by atoms with Gasteiger partial charge in [-0.25, -0.2) is 0 Å². The second-order valence-electron chi connectivity index (χ2n) is 5.23. The summed E-state index contributed by atoms with van der Waals surface area (Å²) in [5.41, 5.74) is 5.42. The molecule has 3 heteroatoms. The van der Waals surface area contributed by atoms with Crippen molar-refractivity contribution in [2.75, 3.05) is 6.54 Å². The molecule has 0 aliphatic carbocycles. The van der Waals surface area contributed by atoms with E-state index in [1.165, 1.54) is 38.5 Å². The average molecular weight is 257 g/mol. The van der Waals surface area contributed by atoms with Gasteiger partial charge in [-0.2, -0.15) is 0 Å². The minimum Gasteiger partial charge on any atom is -0.481 e. The van der Waals surface area contributed by atoms with Crippen LogP contribution in [0.1, 0.15) is 77.6 Å². The maximum atomic E-state index is 11.1. The third-order valence-electron chi connectivity index (χ3n) is 3.51. The van der Waals surface area contributed by atoms with E-state index in [0.29, 0.717) is 6.54 Å². The van der Waals surface area contributed by atoms with Crippen LogP contribution in [0, 0.1) is 5.92 Å². The van der Waals surface area contributed by atoms with E-state index >= 15 is 0 Å². The first-order valence-electron chi connectivity index (χ1n) is 7.65. The Labute approximate surface area is 112 Å². The zero-order valence-corrected chi connectivity index (χ0v) is 12.0. The van der Waals surface area contributed by atoms with Gasteiger partial charge in [0.05, 0.1) is 5.92 Å². The van der Waals surface area contributed by atoms with Crippen LogP contribution in [0.25, 0.3) is 0 Å². The van der Waals surface area contributed by atoms with Crippen molar-refractivity contribution in [3.8, 4) is 0 Å². The van der Waals surface area contributed by atoms with E-state index in [-0.39, 0.29) is 5.92 Å². The molecule has 108 valence electrons. The highest BCUT2D eigenvalue weighted by atomic mass is 16.4. The van der Waals surface area contributed by atoms with Gasteiger partial charge < -0.3 is 10.8 Å². The van der Waals surface area contributed by atoms with E-state index in [9.17, 15) is 4.79 Å². The number of nitrogens with two attached hydrogens (primary N) is 1. The van der Waals surface area contributed by atoms with Crippen molar-refractivity contribution < 1.29 is 9.90 Å². The van der Waals surface area contributed by atoms with Crippen LogP contribution in [0.3, 0.4) is 0 Å². The Kier molecular flexibility index (Phi) is 12.5. The largest absolute Gasteiger partial charge is 0.481 e. The highest BCUT2D eigenvalue weighted by molar-refractivity contribution is 5.69. The number of unbranched alkanes of at least 4 members (excludes halogenated alkanes) is 7. The predicted molar refractivity (Wildman–Crippen MR) is 76.6 cm³/mol. The Morgan fingerprint density at radius 3 is 1.94 bits per heavy atom. The molecular formula is C15H31NO2. The molecule has 18 heavy (non-hydrogen) atoms.